The molecule has 1 aromatic carbocycles. The number of benzene rings is 1. The van der Waals surface area contributed by atoms with Crippen LogP contribution in [-0.4, -0.2) is 26.7 Å². The zero-order valence-corrected chi connectivity index (χ0v) is 11.5. The van der Waals surface area contributed by atoms with Crippen molar-refractivity contribution in [2.75, 3.05) is 5.32 Å². The number of hydrogen-bond donors (Lipinski definition) is 3. The fourth-order valence-corrected chi connectivity index (χ4v) is 1.77. The van der Waals surface area contributed by atoms with Crippen molar-refractivity contribution in [2.45, 2.75) is 6.92 Å². The SMILES string of the molecule is Cc1c(C(=O)Nc2ccc(F)c(C(N)=NO)c2)cnn1C. The summed E-state index contributed by atoms with van der Waals surface area (Å²) >= 11 is 0. The number of nitrogens with zero attached hydrogens (tertiary/aromatic N) is 3. The number of rotatable bonds is 3. The smallest absolute Gasteiger partial charge is 0.259 e. The maximum absolute atomic E-state index is 13.5. The van der Waals surface area contributed by atoms with Gasteiger partial charge in [0.1, 0.15) is 5.82 Å². The maximum Gasteiger partial charge on any atom is 0.259 e. The van der Waals surface area contributed by atoms with Crippen molar-refractivity contribution < 1.29 is 14.4 Å². The van der Waals surface area contributed by atoms with Crippen LogP contribution in [0, 0.1) is 12.7 Å². The van der Waals surface area contributed by atoms with Crippen molar-refractivity contribution in [3.05, 3.63) is 47.0 Å². The average Bonchev–Trinajstić information content (AvgIpc) is 2.80. The lowest BCUT2D eigenvalue weighted by atomic mass is 10.1. The van der Waals surface area contributed by atoms with Crippen molar-refractivity contribution in [3.8, 4) is 0 Å². The van der Waals surface area contributed by atoms with Crippen LogP contribution in [0.4, 0.5) is 10.1 Å². The minimum atomic E-state index is -0.652. The Kier molecular flexibility index (Phi) is 3.88. The molecule has 4 N–H and O–H groups in total. The van der Waals surface area contributed by atoms with Gasteiger partial charge < -0.3 is 16.3 Å². The predicted molar refractivity (Wildman–Crippen MR) is 74.8 cm³/mol. The third-order valence-electron chi connectivity index (χ3n) is 3.09. The van der Waals surface area contributed by atoms with Gasteiger partial charge in [-0.05, 0) is 25.1 Å². The molecule has 0 saturated heterocycles. The Morgan fingerprint density at radius 3 is 2.76 bits per heavy atom. The summed E-state index contributed by atoms with van der Waals surface area (Å²) in [5.41, 5.74) is 6.70. The molecular weight excluding hydrogens is 277 g/mol. The number of aryl methyl sites for hydroxylation is 1. The number of halogens is 1. The second-order valence-electron chi connectivity index (χ2n) is 4.40. The number of amidine groups is 1. The van der Waals surface area contributed by atoms with E-state index in [1.807, 2.05) is 0 Å². The van der Waals surface area contributed by atoms with Crippen LogP contribution < -0.4 is 11.1 Å². The molecule has 1 aromatic heterocycles. The first-order valence-corrected chi connectivity index (χ1v) is 6.01. The van der Waals surface area contributed by atoms with E-state index in [1.54, 1.807) is 18.7 Å². The van der Waals surface area contributed by atoms with Crippen LogP contribution in [-0.2, 0) is 7.05 Å². The number of amides is 1. The average molecular weight is 291 g/mol. The molecule has 0 fully saturated rings. The number of anilines is 1. The van der Waals surface area contributed by atoms with Crippen LogP contribution >= 0.6 is 0 Å². The summed E-state index contributed by atoms with van der Waals surface area (Å²) in [4.78, 5) is 12.1. The maximum atomic E-state index is 13.5. The normalized spacial score (nSPS) is 11.5. The van der Waals surface area contributed by atoms with E-state index in [0.29, 0.717) is 16.9 Å². The van der Waals surface area contributed by atoms with Crippen molar-refractivity contribution >= 4 is 17.4 Å². The van der Waals surface area contributed by atoms with Gasteiger partial charge in [-0.2, -0.15) is 5.10 Å². The number of nitrogens with two attached hydrogens (primary N) is 1. The molecule has 0 aliphatic carbocycles. The summed E-state index contributed by atoms with van der Waals surface area (Å²) in [6.07, 6.45) is 1.44. The Morgan fingerprint density at radius 2 is 2.19 bits per heavy atom. The van der Waals surface area contributed by atoms with Gasteiger partial charge in [0.25, 0.3) is 5.91 Å². The van der Waals surface area contributed by atoms with Gasteiger partial charge in [0, 0.05) is 18.4 Å². The van der Waals surface area contributed by atoms with Crippen LogP contribution in [0.1, 0.15) is 21.6 Å². The molecule has 0 aliphatic rings. The minimum Gasteiger partial charge on any atom is -0.409 e. The van der Waals surface area contributed by atoms with E-state index in [0.717, 1.165) is 6.07 Å². The van der Waals surface area contributed by atoms with E-state index in [4.69, 9.17) is 10.9 Å². The number of aromatic nitrogens is 2. The molecule has 0 unspecified atom stereocenters. The van der Waals surface area contributed by atoms with Crippen LogP contribution in [0.25, 0.3) is 0 Å². The second-order valence-corrected chi connectivity index (χ2v) is 4.40. The fraction of sp³-hybridized carbons (Fsp3) is 0.154. The molecule has 2 rings (SSSR count). The first kappa shape index (κ1) is 14.5. The van der Waals surface area contributed by atoms with E-state index in [1.165, 1.54) is 18.3 Å². The molecule has 1 heterocycles. The Labute approximate surface area is 119 Å². The standard InChI is InChI=1S/C13H14FN5O2/c1-7-10(6-16-19(7)2)13(20)17-8-3-4-11(14)9(5-8)12(15)18-21/h3-6,21H,1-2H3,(H2,15,18)(H,17,20). The Balaban J connectivity index is 2.28. The highest BCUT2D eigenvalue weighted by molar-refractivity contribution is 6.06. The summed E-state index contributed by atoms with van der Waals surface area (Å²) in [6.45, 7) is 1.76. The largest absolute Gasteiger partial charge is 0.409 e. The topological polar surface area (TPSA) is 106 Å². The molecule has 21 heavy (non-hydrogen) atoms. The first-order chi connectivity index (χ1) is 9.93. The molecule has 1 amide bonds. The number of oxime groups is 1. The number of carbonyl (C=O) groups is 1. The zero-order chi connectivity index (χ0) is 15.6. The Morgan fingerprint density at radius 1 is 1.48 bits per heavy atom. The van der Waals surface area contributed by atoms with Crippen molar-refractivity contribution in [2.24, 2.45) is 17.9 Å². The summed E-state index contributed by atoms with van der Waals surface area (Å²) in [6, 6.07) is 3.79. The van der Waals surface area contributed by atoms with E-state index in [-0.39, 0.29) is 17.3 Å². The molecule has 0 atom stereocenters. The van der Waals surface area contributed by atoms with Crippen molar-refractivity contribution in [3.63, 3.8) is 0 Å². The molecule has 0 aliphatic heterocycles. The predicted octanol–water partition coefficient (Wildman–Crippen LogP) is 1.21. The lowest BCUT2D eigenvalue weighted by molar-refractivity contribution is 0.102. The monoisotopic (exact) mass is 291 g/mol. The van der Waals surface area contributed by atoms with Gasteiger partial charge in [-0.3, -0.25) is 9.48 Å². The molecule has 2 aromatic rings. The third kappa shape index (κ3) is 2.83. The van der Waals surface area contributed by atoms with E-state index >= 15 is 0 Å². The van der Waals surface area contributed by atoms with E-state index < -0.39 is 5.82 Å². The van der Waals surface area contributed by atoms with Crippen LogP contribution in [0.5, 0.6) is 0 Å². The van der Waals surface area contributed by atoms with E-state index in [2.05, 4.69) is 15.6 Å². The van der Waals surface area contributed by atoms with Gasteiger partial charge in [-0.15, -0.1) is 0 Å². The number of carbonyl (C=O) groups excluding carboxylic acids is 1. The molecule has 110 valence electrons. The first-order valence-electron chi connectivity index (χ1n) is 6.01. The van der Waals surface area contributed by atoms with Gasteiger partial charge in [-0.1, -0.05) is 5.16 Å². The van der Waals surface area contributed by atoms with Gasteiger partial charge in [-0.25, -0.2) is 4.39 Å². The fourth-order valence-electron chi connectivity index (χ4n) is 1.77. The quantitative estimate of drug-likeness (QED) is 0.342. The molecule has 8 heteroatoms. The molecule has 0 saturated carbocycles. The highest BCUT2D eigenvalue weighted by Gasteiger charge is 2.14. The lowest BCUT2D eigenvalue weighted by Gasteiger charge is -2.07. The molecule has 7 nitrogen and oxygen atoms in total. The summed E-state index contributed by atoms with van der Waals surface area (Å²) < 4.78 is 15.1. The molecule has 0 bridgehead atoms. The van der Waals surface area contributed by atoms with Gasteiger partial charge >= 0.3 is 0 Å². The molecule has 0 spiro atoms. The Bertz CT molecular complexity index is 723. The summed E-state index contributed by atoms with van der Waals surface area (Å²) in [7, 11) is 1.72. The summed E-state index contributed by atoms with van der Waals surface area (Å²) in [5.74, 6) is -1.40. The number of nitrogens with one attached hydrogen (secondary N) is 1. The number of hydrogen-bond acceptors (Lipinski definition) is 4. The minimum absolute atomic E-state index is 0.0989. The van der Waals surface area contributed by atoms with Crippen LogP contribution in [0.15, 0.2) is 29.6 Å². The van der Waals surface area contributed by atoms with Crippen LogP contribution in [0.2, 0.25) is 0 Å². The van der Waals surface area contributed by atoms with Gasteiger partial charge in [0.05, 0.1) is 17.3 Å². The van der Waals surface area contributed by atoms with Crippen molar-refractivity contribution in [1.29, 1.82) is 0 Å². The molecule has 0 radical (unpaired) electrons. The lowest BCUT2D eigenvalue weighted by Crippen LogP contribution is -2.17. The second kappa shape index (κ2) is 5.61. The van der Waals surface area contributed by atoms with Gasteiger partial charge in [0.15, 0.2) is 5.84 Å². The summed E-state index contributed by atoms with van der Waals surface area (Å²) in [5, 5.41) is 17.9. The highest BCUT2D eigenvalue weighted by Crippen LogP contribution is 2.16. The Hall–Kier alpha value is -2.90. The highest BCUT2D eigenvalue weighted by atomic mass is 19.1. The molecular formula is C13H14FN5O2. The zero-order valence-electron chi connectivity index (χ0n) is 11.5. The van der Waals surface area contributed by atoms with Crippen LogP contribution in [0.3, 0.4) is 0 Å². The van der Waals surface area contributed by atoms with E-state index in [9.17, 15) is 9.18 Å². The third-order valence-corrected chi connectivity index (χ3v) is 3.09. The van der Waals surface area contributed by atoms with Crippen molar-refractivity contribution in [1.82, 2.24) is 9.78 Å². The van der Waals surface area contributed by atoms with Gasteiger partial charge in [0.2, 0.25) is 0 Å².